The second-order valence-corrected chi connectivity index (χ2v) is 8.38. The van der Waals surface area contributed by atoms with Gasteiger partial charge in [-0.2, -0.15) is 0 Å². The van der Waals surface area contributed by atoms with Gasteiger partial charge in [0.25, 0.3) is 5.91 Å². The summed E-state index contributed by atoms with van der Waals surface area (Å²) in [5, 5.41) is 3.80. The third-order valence-corrected chi connectivity index (χ3v) is 5.42. The van der Waals surface area contributed by atoms with Crippen LogP contribution in [0.25, 0.3) is 0 Å². The molecule has 1 aliphatic rings. The summed E-state index contributed by atoms with van der Waals surface area (Å²) in [6.07, 6.45) is 3.25. The summed E-state index contributed by atoms with van der Waals surface area (Å²) in [6.45, 7) is 6.08. The van der Waals surface area contributed by atoms with Crippen LogP contribution in [0.3, 0.4) is 0 Å². The molecule has 2 aromatic heterocycles. The van der Waals surface area contributed by atoms with Crippen molar-refractivity contribution in [3.8, 4) is 5.75 Å². The summed E-state index contributed by atoms with van der Waals surface area (Å²) in [7, 11) is 0. The number of amides is 1. The first-order chi connectivity index (χ1) is 15.4. The molecule has 1 saturated heterocycles. The minimum absolute atomic E-state index is 0.0488. The predicted molar refractivity (Wildman–Crippen MR) is 125 cm³/mol. The minimum Gasteiger partial charge on any atom is -0.478 e. The van der Waals surface area contributed by atoms with Crippen LogP contribution >= 0.6 is 11.6 Å². The number of pyridine rings is 1. The summed E-state index contributed by atoms with van der Waals surface area (Å²) in [5.74, 6) is 2.76. The van der Waals surface area contributed by atoms with Gasteiger partial charge in [0.2, 0.25) is 0 Å². The first-order valence-electron chi connectivity index (χ1n) is 10.4. The van der Waals surface area contributed by atoms with Gasteiger partial charge in [-0.25, -0.2) is 15.0 Å². The summed E-state index contributed by atoms with van der Waals surface area (Å²) in [5.41, 5.74) is -0.981. The van der Waals surface area contributed by atoms with E-state index in [1.807, 2.05) is 29.2 Å². The molecule has 0 radical (unpaired) electrons. The quantitative estimate of drug-likeness (QED) is 0.609. The highest BCUT2D eigenvalue weighted by Crippen LogP contribution is 2.24. The van der Waals surface area contributed by atoms with Crippen molar-refractivity contribution in [3.63, 3.8) is 0 Å². The SMILES string of the molecule is CC(C)(Oc1ccc(Cl)cc1)C(=O)N1CCN(c2cc(Nc3ccccn3)ncn2)CC1. The molecule has 1 N–H and O–H groups in total. The van der Waals surface area contributed by atoms with E-state index in [2.05, 4.69) is 25.2 Å². The number of carbonyl (C=O) groups is 1. The van der Waals surface area contributed by atoms with Crippen molar-refractivity contribution in [1.29, 1.82) is 0 Å². The minimum atomic E-state index is -0.981. The maximum atomic E-state index is 13.1. The van der Waals surface area contributed by atoms with Crippen molar-refractivity contribution < 1.29 is 9.53 Å². The van der Waals surface area contributed by atoms with Gasteiger partial charge < -0.3 is 19.9 Å². The third-order valence-electron chi connectivity index (χ3n) is 5.17. The van der Waals surface area contributed by atoms with Crippen molar-refractivity contribution >= 4 is 35.0 Å². The van der Waals surface area contributed by atoms with Crippen molar-refractivity contribution in [2.45, 2.75) is 19.4 Å². The molecule has 0 spiro atoms. The van der Waals surface area contributed by atoms with Crippen LogP contribution in [0.4, 0.5) is 17.5 Å². The maximum absolute atomic E-state index is 13.1. The Morgan fingerprint density at radius 1 is 1.00 bits per heavy atom. The number of nitrogens with zero attached hydrogens (tertiary/aromatic N) is 5. The molecule has 8 nitrogen and oxygen atoms in total. The van der Waals surface area contributed by atoms with Gasteiger partial charge in [0, 0.05) is 43.5 Å². The van der Waals surface area contributed by atoms with Crippen LogP contribution in [0.1, 0.15) is 13.8 Å². The summed E-state index contributed by atoms with van der Waals surface area (Å²) in [4.78, 5) is 30.0. The van der Waals surface area contributed by atoms with E-state index in [9.17, 15) is 4.79 Å². The molecule has 1 amide bonds. The van der Waals surface area contributed by atoms with Crippen molar-refractivity contribution in [2.75, 3.05) is 36.4 Å². The molecule has 166 valence electrons. The lowest BCUT2D eigenvalue weighted by atomic mass is 10.1. The van der Waals surface area contributed by atoms with E-state index >= 15 is 0 Å². The molecule has 0 aliphatic carbocycles. The van der Waals surface area contributed by atoms with Crippen LogP contribution in [-0.4, -0.2) is 57.5 Å². The van der Waals surface area contributed by atoms with Gasteiger partial charge in [-0.3, -0.25) is 4.79 Å². The second-order valence-electron chi connectivity index (χ2n) is 7.95. The lowest BCUT2D eigenvalue weighted by Crippen LogP contribution is -2.56. The van der Waals surface area contributed by atoms with Gasteiger partial charge in [0.15, 0.2) is 5.60 Å². The molecule has 0 unspecified atom stereocenters. The smallest absolute Gasteiger partial charge is 0.266 e. The van der Waals surface area contributed by atoms with Crippen LogP contribution in [-0.2, 0) is 4.79 Å². The van der Waals surface area contributed by atoms with Gasteiger partial charge in [-0.1, -0.05) is 17.7 Å². The average molecular weight is 453 g/mol. The largest absolute Gasteiger partial charge is 0.478 e. The highest BCUT2D eigenvalue weighted by atomic mass is 35.5. The Labute approximate surface area is 192 Å². The van der Waals surface area contributed by atoms with E-state index in [-0.39, 0.29) is 5.91 Å². The van der Waals surface area contributed by atoms with E-state index in [0.717, 1.165) is 11.6 Å². The Morgan fingerprint density at radius 2 is 1.75 bits per heavy atom. The molecule has 3 heterocycles. The molecular weight excluding hydrogens is 428 g/mol. The molecular formula is C23H25ClN6O2. The van der Waals surface area contributed by atoms with E-state index in [4.69, 9.17) is 16.3 Å². The van der Waals surface area contributed by atoms with Gasteiger partial charge in [-0.15, -0.1) is 0 Å². The summed E-state index contributed by atoms with van der Waals surface area (Å²) >= 11 is 5.93. The van der Waals surface area contributed by atoms with Crippen LogP contribution < -0.4 is 15.0 Å². The Bertz CT molecular complexity index is 1050. The highest BCUT2D eigenvalue weighted by Gasteiger charge is 2.36. The Balaban J connectivity index is 1.36. The fraction of sp³-hybridized carbons (Fsp3) is 0.304. The fourth-order valence-electron chi connectivity index (χ4n) is 3.52. The van der Waals surface area contributed by atoms with Crippen LogP contribution in [0, 0.1) is 0 Å². The first kappa shape index (κ1) is 21.8. The zero-order chi connectivity index (χ0) is 22.6. The number of ether oxygens (including phenoxy) is 1. The van der Waals surface area contributed by atoms with Gasteiger partial charge in [0.1, 0.15) is 29.5 Å². The number of rotatable bonds is 6. The summed E-state index contributed by atoms with van der Waals surface area (Å²) < 4.78 is 5.96. The van der Waals surface area contributed by atoms with Crippen LogP contribution in [0.5, 0.6) is 5.75 Å². The number of anilines is 3. The van der Waals surface area contributed by atoms with E-state index in [1.54, 1.807) is 44.3 Å². The lowest BCUT2D eigenvalue weighted by Gasteiger charge is -2.39. The molecule has 32 heavy (non-hydrogen) atoms. The molecule has 0 saturated carbocycles. The molecule has 3 aromatic rings. The molecule has 1 aromatic carbocycles. The predicted octanol–water partition coefficient (Wildman–Crippen LogP) is 3.77. The normalized spacial score (nSPS) is 14.2. The van der Waals surface area contributed by atoms with E-state index in [1.165, 1.54) is 6.33 Å². The molecule has 1 aliphatic heterocycles. The number of benzene rings is 1. The number of piperazine rings is 1. The third kappa shape index (κ3) is 5.26. The molecule has 0 bridgehead atoms. The number of aromatic nitrogens is 3. The maximum Gasteiger partial charge on any atom is 0.266 e. The van der Waals surface area contributed by atoms with Crippen LogP contribution in [0.15, 0.2) is 61.1 Å². The fourth-order valence-corrected chi connectivity index (χ4v) is 3.64. The van der Waals surface area contributed by atoms with E-state index < -0.39 is 5.60 Å². The summed E-state index contributed by atoms with van der Waals surface area (Å²) in [6, 6.07) is 14.6. The topological polar surface area (TPSA) is 83.5 Å². The second kappa shape index (κ2) is 9.40. The van der Waals surface area contributed by atoms with Crippen molar-refractivity contribution in [3.05, 3.63) is 66.1 Å². The van der Waals surface area contributed by atoms with Gasteiger partial charge >= 0.3 is 0 Å². The molecule has 9 heteroatoms. The Hall–Kier alpha value is -3.39. The number of hydrogen-bond donors (Lipinski definition) is 1. The zero-order valence-electron chi connectivity index (χ0n) is 18.0. The van der Waals surface area contributed by atoms with Crippen LogP contribution in [0.2, 0.25) is 5.02 Å². The number of nitrogens with one attached hydrogen (secondary N) is 1. The van der Waals surface area contributed by atoms with Crippen molar-refractivity contribution in [2.24, 2.45) is 0 Å². The number of hydrogen-bond acceptors (Lipinski definition) is 7. The van der Waals surface area contributed by atoms with Gasteiger partial charge in [0.05, 0.1) is 0 Å². The molecule has 4 rings (SSSR count). The highest BCUT2D eigenvalue weighted by molar-refractivity contribution is 6.30. The monoisotopic (exact) mass is 452 g/mol. The number of halogens is 1. The molecule has 0 atom stereocenters. The zero-order valence-corrected chi connectivity index (χ0v) is 18.8. The Kier molecular flexibility index (Phi) is 6.41. The standard InChI is InChI=1S/C23H25ClN6O2/c1-23(2,32-18-8-6-17(24)7-9-18)22(31)30-13-11-29(12-14-30)21-15-20(26-16-27-21)28-19-5-3-4-10-25-19/h3-10,15-16H,11-14H2,1-2H3,(H,25,26,27,28). The number of carbonyl (C=O) groups excluding carboxylic acids is 1. The van der Waals surface area contributed by atoms with Crippen molar-refractivity contribution in [1.82, 2.24) is 19.9 Å². The van der Waals surface area contributed by atoms with E-state index in [0.29, 0.717) is 42.8 Å². The van der Waals surface area contributed by atoms with Gasteiger partial charge in [-0.05, 0) is 50.2 Å². The first-order valence-corrected chi connectivity index (χ1v) is 10.8. The average Bonchev–Trinajstić information content (AvgIpc) is 2.81. The Morgan fingerprint density at radius 3 is 2.44 bits per heavy atom. The lowest BCUT2D eigenvalue weighted by molar-refractivity contribution is -0.145. The molecule has 1 fully saturated rings.